The Bertz CT molecular complexity index is 302. The molecule has 0 aromatic rings. The lowest BCUT2D eigenvalue weighted by molar-refractivity contribution is -0.175. The molecule has 1 fully saturated rings. The van der Waals surface area contributed by atoms with E-state index in [2.05, 4.69) is 10.1 Å². The predicted octanol–water partition coefficient (Wildman–Crippen LogP) is 1.73. The fourth-order valence-corrected chi connectivity index (χ4v) is 2.17. The Morgan fingerprint density at radius 1 is 1.37 bits per heavy atom. The lowest BCUT2D eigenvalue weighted by Gasteiger charge is -2.33. The van der Waals surface area contributed by atoms with Crippen LogP contribution in [0.4, 0.5) is 13.2 Å². The monoisotopic (exact) mass is 282 g/mol. The van der Waals surface area contributed by atoms with Crippen molar-refractivity contribution in [3.8, 4) is 0 Å². The number of amides is 1. The van der Waals surface area contributed by atoms with E-state index in [4.69, 9.17) is 5.73 Å². The molecule has 112 valence electrons. The van der Waals surface area contributed by atoms with Gasteiger partial charge in [0.2, 0.25) is 5.91 Å². The topological polar surface area (TPSA) is 64.3 Å². The number of halogens is 3. The summed E-state index contributed by atoms with van der Waals surface area (Å²) in [6.45, 7) is 0.114. The number of carbonyl (C=O) groups excluding carboxylic acids is 1. The van der Waals surface area contributed by atoms with Crippen LogP contribution in [0.1, 0.15) is 39.0 Å². The fourth-order valence-electron chi connectivity index (χ4n) is 2.17. The lowest BCUT2D eigenvalue weighted by atomic mass is 9.82. The molecule has 1 aliphatic rings. The maximum atomic E-state index is 12.0. The minimum absolute atomic E-state index is 0.179. The predicted molar refractivity (Wildman–Crippen MR) is 64.5 cm³/mol. The number of rotatable bonds is 5. The molecule has 7 heteroatoms. The van der Waals surface area contributed by atoms with Crippen molar-refractivity contribution in [2.75, 3.05) is 13.2 Å². The van der Waals surface area contributed by atoms with Crippen molar-refractivity contribution in [2.45, 2.75) is 56.8 Å². The van der Waals surface area contributed by atoms with Gasteiger partial charge in [0.05, 0.1) is 12.1 Å². The van der Waals surface area contributed by atoms with Gasteiger partial charge in [-0.3, -0.25) is 4.79 Å². The van der Waals surface area contributed by atoms with Crippen molar-refractivity contribution in [1.29, 1.82) is 0 Å². The van der Waals surface area contributed by atoms with E-state index in [0.29, 0.717) is 12.8 Å². The molecular weight excluding hydrogens is 261 g/mol. The number of hydrogen-bond acceptors (Lipinski definition) is 3. The van der Waals surface area contributed by atoms with Crippen molar-refractivity contribution >= 4 is 5.91 Å². The molecule has 0 bridgehead atoms. The van der Waals surface area contributed by atoms with Gasteiger partial charge in [0.1, 0.15) is 6.61 Å². The number of carbonyl (C=O) groups is 1. The normalized spacial score (nSPS) is 20.9. The maximum absolute atomic E-state index is 12.0. The summed E-state index contributed by atoms with van der Waals surface area (Å²) in [5.41, 5.74) is 5.14. The summed E-state index contributed by atoms with van der Waals surface area (Å²) in [5.74, 6) is -0.296. The van der Waals surface area contributed by atoms with Crippen LogP contribution < -0.4 is 11.1 Å². The van der Waals surface area contributed by atoms with Gasteiger partial charge in [-0.05, 0) is 19.8 Å². The largest absolute Gasteiger partial charge is 0.411 e. The van der Waals surface area contributed by atoms with Gasteiger partial charge in [-0.2, -0.15) is 13.2 Å². The van der Waals surface area contributed by atoms with Gasteiger partial charge in [-0.1, -0.05) is 19.3 Å². The Morgan fingerprint density at radius 2 is 1.95 bits per heavy atom. The van der Waals surface area contributed by atoms with Crippen molar-refractivity contribution in [3.05, 3.63) is 0 Å². The molecule has 0 aromatic carbocycles. The average molecular weight is 282 g/mol. The van der Waals surface area contributed by atoms with E-state index in [1.165, 1.54) is 0 Å². The second-order valence-corrected chi connectivity index (χ2v) is 5.22. The molecule has 1 amide bonds. The first-order valence-corrected chi connectivity index (χ1v) is 6.47. The number of nitrogens with two attached hydrogens (primary N) is 1. The van der Waals surface area contributed by atoms with Gasteiger partial charge >= 0.3 is 6.18 Å². The molecule has 0 radical (unpaired) electrons. The summed E-state index contributed by atoms with van der Waals surface area (Å²) in [6, 6.07) is -0.489. The zero-order chi connectivity index (χ0) is 14.5. The molecule has 0 saturated heterocycles. The summed E-state index contributed by atoms with van der Waals surface area (Å²) in [7, 11) is 0. The summed E-state index contributed by atoms with van der Waals surface area (Å²) >= 11 is 0. The van der Waals surface area contributed by atoms with E-state index in [1.807, 2.05) is 0 Å². The van der Waals surface area contributed by atoms with Crippen LogP contribution >= 0.6 is 0 Å². The highest BCUT2D eigenvalue weighted by Crippen LogP contribution is 2.26. The first-order valence-electron chi connectivity index (χ1n) is 6.47. The average Bonchev–Trinajstić information content (AvgIpc) is 2.28. The Balaban J connectivity index is 2.31. The van der Waals surface area contributed by atoms with Crippen molar-refractivity contribution < 1.29 is 22.7 Å². The van der Waals surface area contributed by atoms with Gasteiger partial charge in [-0.25, -0.2) is 0 Å². The highest BCUT2D eigenvalue weighted by molar-refractivity contribution is 5.86. The zero-order valence-corrected chi connectivity index (χ0v) is 11.1. The molecule has 1 aliphatic carbocycles. The Morgan fingerprint density at radius 3 is 2.47 bits per heavy atom. The molecule has 0 aliphatic heterocycles. The number of ether oxygens (including phenoxy) is 1. The first-order chi connectivity index (χ1) is 8.73. The highest BCUT2D eigenvalue weighted by atomic mass is 19.4. The fraction of sp³-hybridized carbons (Fsp3) is 0.917. The van der Waals surface area contributed by atoms with Crippen LogP contribution in [0.25, 0.3) is 0 Å². The van der Waals surface area contributed by atoms with Crippen LogP contribution in [0, 0.1) is 0 Å². The molecule has 0 heterocycles. The smallest absolute Gasteiger partial charge is 0.370 e. The molecule has 4 nitrogen and oxygen atoms in total. The summed E-state index contributed by atoms with van der Waals surface area (Å²) in [5, 5.41) is 2.62. The molecule has 1 rings (SSSR count). The SMILES string of the molecule is CC(COCC(F)(F)F)NC(=O)C1(N)CCCCC1. The van der Waals surface area contributed by atoms with Crippen molar-refractivity contribution in [1.82, 2.24) is 5.32 Å². The third kappa shape index (κ3) is 5.78. The third-order valence-electron chi connectivity index (χ3n) is 3.21. The zero-order valence-electron chi connectivity index (χ0n) is 11.1. The molecular formula is C12H21F3N2O2. The van der Waals surface area contributed by atoms with E-state index < -0.39 is 24.4 Å². The van der Waals surface area contributed by atoms with Gasteiger partial charge in [0, 0.05) is 6.04 Å². The van der Waals surface area contributed by atoms with Crippen LogP contribution in [0.5, 0.6) is 0 Å². The molecule has 0 spiro atoms. The quantitative estimate of drug-likeness (QED) is 0.807. The second-order valence-electron chi connectivity index (χ2n) is 5.22. The van der Waals surface area contributed by atoms with Crippen LogP contribution in [0.2, 0.25) is 0 Å². The van der Waals surface area contributed by atoms with E-state index >= 15 is 0 Å². The minimum atomic E-state index is -4.35. The van der Waals surface area contributed by atoms with Gasteiger partial charge in [0.15, 0.2) is 0 Å². The Hall–Kier alpha value is -0.820. The molecule has 1 saturated carbocycles. The number of nitrogens with one attached hydrogen (secondary N) is 1. The summed E-state index contributed by atoms with van der Waals surface area (Å²) in [6.07, 6.45) is -0.228. The number of hydrogen-bond donors (Lipinski definition) is 2. The summed E-state index contributed by atoms with van der Waals surface area (Å²) < 4.78 is 40.2. The van der Waals surface area contributed by atoms with Gasteiger partial charge < -0.3 is 15.8 Å². The van der Waals surface area contributed by atoms with Crippen molar-refractivity contribution in [2.24, 2.45) is 5.73 Å². The first kappa shape index (κ1) is 16.2. The molecule has 19 heavy (non-hydrogen) atoms. The maximum Gasteiger partial charge on any atom is 0.411 e. The Kier molecular flexibility index (Phi) is 5.61. The molecule has 3 N–H and O–H groups in total. The molecule has 1 unspecified atom stereocenters. The molecule has 0 aromatic heterocycles. The standard InChI is InChI=1S/C12H21F3N2O2/c1-9(7-19-8-12(13,14)15)17-10(18)11(16)5-3-2-4-6-11/h9H,2-8,16H2,1H3,(H,17,18). The lowest BCUT2D eigenvalue weighted by Crippen LogP contribution is -2.57. The van der Waals surface area contributed by atoms with Crippen LogP contribution in [-0.2, 0) is 9.53 Å². The van der Waals surface area contributed by atoms with Gasteiger partial charge in [-0.15, -0.1) is 0 Å². The summed E-state index contributed by atoms with van der Waals surface area (Å²) in [4.78, 5) is 12.0. The van der Waals surface area contributed by atoms with Crippen LogP contribution in [-0.4, -0.2) is 36.9 Å². The van der Waals surface area contributed by atoms with Gasteiger partial charge in [0.25, 0.3) is 0 Å². The molecule has 1 atom stereocenters. The van der Waals surface area contributed by atoms with E-state index in [1.54, 1.807) is 6.92 Å². The Labute approximate surface area is 110 Å². The van der Waals surface area contributed by atoms with E-state index in [9.17, 15) is 18.0 Å². The number of alkyl halides is 3. The van der Waals surface area contributed by atoms with Crippen LogP contribution in [0.3, 0.4) is 0 Å². The van der Waals surface area contributed by atoms with Crippen molar-refractivity contribution in [3.63, 3.8) is 0 Å². The van der Waals surface area contributed by atoms with E-state index in [0.717, 1.165) is 19.3 Å². The third-order valence-corrected chi connectivity index (χ3v) is 3.21. The van der Waals surface area contributed by atoms with E-state index in [-0.39, 0.29) is 12.5 Å². The highest BCUT2D eigenvalue weighted by Gasteiger charge is 2.35. The van der Waals surface area contributed by atoms with Crippen LogP contribution in [0.15, 0.2) is 0 Å². The minimum Gasteiger partial charge on any atom is -0.370 e. The second kappa shape index (κ2) is 6.56.